The highest BCUT2D eigenvalue weighted by atomic mass is 16.6. The third-order valence-electron chi connectivity index (χ3n) is 2.72. The molecule has 0 saturated carbocycles. The van der Waals surface area contributed by atoms with Crippen molar-refractivity contribution in [2.75, 3.05) is 12.3 Å². The SMILES string of the molecule is CCOC(=O)c1c(N)[nH]n(-c2ccccc2[N+](=O)[O-])c1=O. The monoisotopic (exact) mass is 292 g/mol. The largest absolute Gasteiger partial charge is 0.462 e. The van der Waals surface area contributed by atoms with Crippen molar-refractivity contribution in [2.24, 2.45) is 0 Å². The maximum atomic E-state index is 12.2. The highest BCUT2D eigenvalue weighted by Gasteiger charge is 2.24. The van der Waals surface area contributed by atoms with E-state index in [2.05, 4.69) is 5.10 Å². The zero-order valence-corrected chi connectivity index (χ0v) is 11.0. The summed E-state index contributed by atoms with van der Waals surface area (Å²) in [6.45, 7) is 1.66. The van der Waals surface area contributed by atoms with Crippen molar-refractivity contribution in [3.63, 3.8) is 0 Å². The molecule has 1 aromatic carbocycles. The molecule has 1 heterocycles. The van der Waals surface area contributed by atoms with E-state index in [0.717, 1.165) is 4.68 Å². The van der Waals surface area contributed by atoms with E-state index in [0.29, 0.717) is 0 Å². The summed E-state index contributed by atoms with van der Waals surface area (Å²) in [5.74, 6) is -1.09. The molecular formula is C12H12N4O5. The van der Waals surface area contributed by atoms with Gasteiger partial charge in [0.05, 0.1) is 11.5 Å². The van der Waals surface area contributed by atoms with E-state index in [-0.39, 0.29) is 29.4 Å². The predicted molar refractivity (Wildman–Crippen MR) is 73.4 cm³/mol. The van der Waals surface area contributed by atoms with E-state index < -0.39 is 16.5 Å². The van der Waals surface area contributed by atoms with E-state index >= 15 is 0 Å². The summed E-state index contributed by atoms with van der Waals surface area (Å²) < 4.78 is 5.58. The van der Waals surface area contributed by atoms with Crippen molar-refractivity contribution in [1.82, 2.24) is 9.78 Å². The van der Waals surface area contributed by atoms with E-state index in [9.17, 15) is 19.7 Å². The van der Waals surface area contributed by atoms with Crippen LogP contribution in [0.3, 0.4) is 0 Å². The number of nitrogens with one attached hydrogen (secondary N) is 1. The number of nitrogens with zero attached hydrogens (tertiary/aromatic N) is 2. The fraction of sp³-hybridized carbons (Fsp3) is 0.167. The van der Waals surface area contributed by atoms with Crippen molar-refractivity contribution < 1.29 is 14.5 Å². The number of hydrogen-bond donors (Lipinski definition) is 2. The molecule has 0 unspecified atom stereocenters. The van der Waals surface area contributed by atoms with Crippen LogP contribution in [0.4, 0.5) is 11.5 Å². The smallest absolute Gasteiger partial charge is 0.347 e. The quantitative estimate of drug-likeness (QED) is 0.487. The average molecular weight is 292 g/mol. The number of aromatic nitrogens is 2. The van der Waals surface area contributed by atoms with Crippen LogP contribution in [0.1, 0.15) is 17.3 Å². The van der Waals surface area contributed by atoms with Gasteiger partial charge >= 0.3 is 5.97 Å². The minimum atomic E-state index is -0.881. The topological polar surface area (TPSA) is 133 Å². The first-order chi connectivity index (χ1) is 9.97. The lowest BCUT2D eigenvalue weighted by Crippen LogP contribution is -2.22. The minimum Gasteiger partial charge on any atom is -0.462 e. The normalized spacial score (nSPS) is 10.3. The molecule has 0 aliphatic rings. The van der Waals surface area contributed by atoms with Gasteiger partial charge in [-0.15, -0.1) is 0 Å². The van der Waals surface area contributed by atoms with E-state index in [1.54, 1.807) is 6.92 Å². The third kappa shape index (κ3) is 2.48. The number of ether oxygens (including phenoxy) is 1. The molecule has 3 N–H and O–H groups in total. The first-order valence-electron chi connectivity index (χ1n) is 5.98. The number of esters is 1. The number of H-pyrrole nitrogens is 1. The van der Waals surface area contributed by atoms with Gasteiger partial charge in [0.1, 0.15) is 11.5 Å². The molecule has 9 heteroatoms. The predicted octanol–water partition coefficient (Wildman–Crippen LogP) is 0.833. The van der Waals surface area contributed by atoms with E-state index in [1.165, 1.54) is 24.3 Å². The van der Waals surface area contributed by atoms with Crippen LogP contribution in [0.25, 0.3) is 5.69 Å². The molecule has 0 amide bonds. The zero-order valence-electron chi connectivity index (χ0n) is 11.0. The molecule has 1 aromatic heterocycles. The Balaban J connectivity index is 2.63. The maximum absolute atomic E-state index is 12.2. The summed E-state index contributed by atoms with van der Waals surface area (Å²) in [5, 5.41) is 13.4. The summed E-state index contributed by atoms with van der Waals surface area (Å²) in [4.78, 5) is 34.2. The third-order valence-corrected chi connectivity index (χ3v) is 2.72. The first kappa shape index (κ1) is 14.3. The Hall–Kier alpha value is -3.10. The number of nitro benzene ring substituents is 1. The molecule has 2 aromatic rings. The summed E-state index contributed by atoms with van der Waals surface area (Å²) in [6, 6.07) is 5.59. The van der Waals surface area contributed by atoms with Gasteiger partial charge in [0.15, 0.2) is 5.56 Å². The number of nitro groups is 1. The number of nitrogens with two attached hydrogens (primary N) is 1. The molecule has 0 bridgehead atoms. The highest BCUT2D eigenvalue weighted by Crippen LogP contribution is 2.21. The number of carbonyl (C=O) groups is 1. The van der Waals surface area contributed by atoms with Gasteiger partial charge in [-0.3, -0.25) is 20.0 Å². The Morgan fingerprint density at radius 1 is 1.48 bits per heavy atom. The van der Waals surface area contributed by atoms with Crippen LogP contribution in [0.2, 0.25) is 0 Å². The molecule has 21 heavy (non-hydrogen) atoms. The molecule has 0 radical (unpaired) electrons. The summed E-state index contributed by atoms with van der Waals surface area (Å²) in [6.07, 6.45) is 0. The number of para-hydroxylation sites is 2. The standard InChI is InChI=1S/C12H12N4O5/c1-2-21-12(18)9-10(13)14-15(11(9)17)7-5-3-4-6-8(7)16(19)20/h3-6,14H,2,13H2,1H3. The maximum Gasteiger partial charge on any atom is 0.347 e. The fourth-order valence-electron chi connectivity index (χ4n) is 1.83. The Labute approximate surface area is 118 Å². The first-order valence-corrected chi connectivity index (χ1v) is 5.98. The second kappa shape index (κ2) is 5.49. The van der Waals surface area contributed by atoms with Crippen LogP contribution in [0.15, 0.2) is 29.1 Å². The Morgan fingerprint density at radius 2 is 2.14 bits per heavy atom. The lowest BCUT2D eigenvalue weighted by atomic mass is 10.2. The fourth-order valence-corrected chi connectivity index (χ4v) is 1.83. The molecule has 9 nitrogen and oxygen atoms in total. The van der Waals surface area contributed by atoms with E-state index in [4.69, 9.17) is 10.5 Å². The molecular weight excluding hydrogens is 280 g/mol. The van der Waals surface area contributed by atoms with Gasteiger partial charge in [0.2, 0.25) is 0 Å². The Bertz CT molecular complexity index is 761. The number of rotatable bonds is 4. The second-order valence-corrected chi connectivity index (χ2v) is 4.01. The lowest BCUT2D eigenvalue weighted by Gasteiger charge is -2.02. The number of aromatic amines is 1. The van der Waals surface area contributed by atoms with Crippen molar-refractivity contribution in [2.45, 2.75) is 6.92 Å². The highest BCUT2D eigenvalue weighted by molar-refractivity contribution is 5.94. The van der Waals surface area contributed by atoms with Crippen LogP contribution in [0.5, 0.6) is 0 Å². The number of hydrogen-bond acceptors (Lipinski definition) is 6. The van der Waals surface area contributed by atoms with Crippen molar-refractivity contribution in [3.05, 3.63) is 50.3 Å². The van der Waals surface area contributed by atoms with Crippen LogP contribution in [-0.4, -0.2) is 27.3 Å². The Morgan fingerprint density at radius 3 is 2.76 bits per heavy atom. The van der Waals surface area contributed by atoms with Gasteiger partial charge in [0.25, 0.3) is 11.2 Å². The number of carbonyl (C=O) groups excluding carboxylic acids is 1. The Kier molecular flexibility index (Phi) is 3.74. The lowest BCUT2D eigenvalue weighted by molar-refractivity contribution is -0.384. The van der Waals surface area contributed by atoms with Crippen LogP contribution >= 0.6 is 0 Å². The molecule has 0 aliphatic carbocycles. The van der Waals surface area contributed by atoms with Gasteiger partial charge in [-0.1, -0.05) is 12.1 Å². The zero-order chi connectivity index (χ0) is 15.6. The van der Waals surface area contributed by atoms with Gasteiger partial charge in [0, 0.05) is 6.07 Å². The van der Waals surface area contributed by atoms with Crippen LogP contribution < -0.4 is 11.3 Å². The van der Waals surface area contributed by atoms with Gasteiger partial charge in [-0.25, -0.2) is 9.48 Å². The summed E-state index contributed by atoms with van der Waals surface area (Å²) in [7, 11) is 0. The van der Waals surface area contributed by atoms with Crippen LogP contribution in [-0.2, 0) is 4.74 Å². The number of anilines is 1. The molecule has 0 saturated heterocycles. The number of nitrogen functional groups attached to an aromatic ring is 1. The van der Waals surface area contributed by atoms with Crippen molar-refractivity contribution >= 4 is 17.5 Å². The van der Waals surface area contributed by atoms with Crippen molar-refractivity contribution in [3.8, 4) is 5.69 Å². The second-order valence-electron chi connectivity index (χ2n) is 4.01. The summed E-state index contributed by atoms with van der Waals surface area (Å²) in [5.41, 5.74) is 4.09. The molecule has 0 atom stereocenters. The minimum absolute atomic E-state index is 0.0188. The van der Waals surface area contributed by atoms with Crippen LogP contribution in [0, 0.1) is 10.1 Å². The van der Waals surface area contributed by atoms with Gasteiger partial charge < -0.3 is 10.5 Å². The van der Waals surface area contributed by atoms with Gasteiger partial charge in [-0.05, 0) is 13.0 Å². The summed E-state index contributed by atoms with van der Waals surface area (Å²) >= 11 is 0. The van der Waals surface area contributed by atoms with Crippen molar-refractivity contribution in [1.29, 1.82) is 0 Å². The molecule has 2 rings (SSSR count). The molecule has 0 spiro atoms. The number of benzene rings is 1. The van der Waals surface area contributed by atoms with Gasteiger partial charge in [-0.2, -0.15) is 0 Å². The molecule has 110 valence electrons. The molecule has 0 fully saturated rings. The molecule has 0 aliphatic heterocycles. The average Bonchev–Trinajstić information content (AvgIpc) is 2.74. The van der Waals surface area contributed by atoms with E-state index in [1.807, 2.05) is 0 Å².